The molecule has 0 bridgehead atoms. The number of piperidine rings is 1. The van der Waals surface area contributed by atoms with E-state index in [1.165, 1.54) is 30.4 Å². The number of Topliss-reactive ketones (excluding diaryl/α,β-unsaturated/α-hetero) is 1. The lowest BCUT2D eigenvalue weighted by atomic mass is 9.55. The summed E-state index contributed by atoms with van der Waals surface area (Å²) < 4.78 is 5.70. The Kier molecular flexibility index (Phi) is 5.47. The first-order chi connectivity index (χ1) is 14.5. The van der Waals surface area contributed by atoms with E-state index >= 15 is 0 Å². The first-order valence-electron chi connectivity index (χ1n) is 12.1. The smallest absolute Gasteiger partial charge is 0.312 e. The number of nitrogens with zero attached hydrogens (tertiary/aromatic N) is 1. The first kappa shape index (κ1) is 20.2. The summed E-state index contributed by atoms with van der Waals surface area (Å²) in [4.78, 5) is 27.2. The molecule has 3 fully saturated rings. The molecular formula is C26H35NO3. The monoisotopic (exact) mass is 409 g/mol. The Balaban J connectivity index is 1.23. The number of esters is 1. The van der Waals surface area contributed by atoms with Crippen LogP contribution in [0.4, 0.5) is 0 Å². The van der Waals surface area contributed by atoms with Gasteiger partial charge in [0.2, 0.25) is 0 Å². The summed E-state index contributed by atoms with van der Waals surface area (Å²) >= 11 is 0. The minimum Gasteiger partial charge on any atom is -0.426 e. The van der Waals surface area contributed by atoms with Gasteiger partial charge in [-0.25, -0.2) is 0 Å². The Hall–Kier alpha value is -1.68. The number of carbonyl (C=O) groups is 2. The Morgan fingerprint density at radius 1 is 1.13 bits per heavy atom. The van der Waals surface area contributed by atoms with Gasteiger partial charge in [0.05, 0.1) is 6.42 Å². The molecule has 0 amide bonds. The summed E-state index contributed by atoms with van der Waals surface area (Å²) in [6.45, 7) is 5.26. The van der Waals surface area contributed by atoms with Gasteiger partial charge in [-0.2, -0.15) is 0 Å². The number of rotatable bonds is 4. The summed E-state index contributed by atoms with van der Waals surface area (Å²) in [5.74, 6) is 2.86. The molecule has 1 saturated heterocycles. The lowest BCUT2D eigenvalue weighted by molar-refractivity contribution is -0.134. The second kappa shape index (κ2) is 8.11. The van der Waals surface area contributed by atoms with E-state index in [9.17, 15) is 9.59 Å². The SMILES string of the molecule is C[C@@]12CC[C@H]3c4ccc(OC(=O)CCN5CCCCC5)cc4CC[C@H]3[C@@H]1CCC2=O. The average Bonchev–Trinajstić information content (AvgIpc) is 3.07. The number of carbonyl (C=O) groups excluding carboxylic acids is 2. The van der Waals surface area contributed by atoms with Crippen LogP contribution in [0.5, 0.6) is 5.75 Å². The molecule has 2 saturated carbocycles. The van der Waals surface area contributed by atoms with Gasteiger partial charge < -0.3 is 9.64 Å². The standard InChI is InChI=1S/C26H35NO3/c1-26-13-11-21-20-8-6-19(30-25(29)12-16-27-14-3-2-4-15-27)17-18(20)5-7-22(21)23(26)9-10-24(26)28/h6,8,17,21-23H,2-5,7,9-16H2,1H3/t21-,22+,23-,26+/m0/s1. The summed E-state index contributed by atoms with van der Waals surface area (Å²) in [6.07, 6.45) is 10.5. The van der Waals surface area contributed by atoms with Crippen molar-refractivity contribution in [3.63, 3.8) is 0 Å². The molecule has 4 aliphatic rings. The number of likely N-dealkylation sites (tertiary alicyclic amines) is 1. The molecule has 0 N–H and O–H groups in total. The molecule has 4 atom stereocenters. The van der Waals surface area contributed by atoms with Crippen LogP contribution in [0.1, 0.15) is 81.8 Å². The number of fused-ring (bicyclic) bond motifs is 5. The van der Waals surface area contributed by atoms with E-state index in [2.05, 4.69) is 24.0 Å². The number of hydrogen-bond acceptors (Lipinski definition) is 4. The predicted octanol–water partition coefficient (Wildman–Crippen LogP) is 4.89. The third-order valence-corrected chi connectivity index (χ3v) is 8.72. The first-order valence-corrected chi connectivity index (χ1v) is 12.1. The molecule has 0 spiro atoms. The van der Waals surface area contributed by atoms with Crippen LogP contribution in [0, 0.1) is 17.3 Å². The van der Waals surface area contributed by atoms with E-state index in [4.69, 9.17) is 4.74 Å². The van der Waals surface area contributed by atoms with Gasteiger partial charge in [-0.15, -0.1) is 0 Å². The van der Waals surface area contributed by atoms with Crippen molar-refractivity contribution in [2.24, 2.45) is 17.3 Å². The fourth-order valence-electron chi connectivity index (χ4n) is 7.01. The maximum atomic E-state index is 12.5. The minimum atomic E-state index is -0.118. The molecule has 4 heteroatoms. The molecule has 162 valence electrons. The van der Waals surface area contributed by atoms with Crippen molar-refractivity contribution in [3.8, 4) is 5.75 Å². The zero-order valence-corrected chi connectivity index (χ0v) is 18.3. The highest BCUT2D eigenvalue weighted by Gasteiger charge is 2.54. The van der Waals surface area contributed by atoms with E-state index in [-0.39, 0.29) is 11.4 Å². The fourth-order valence-corrected chi connectivity index (χ4v) is 7.01. The van der Waals surface area contributed by atoms with Crippen molar-refractivity contribution >= 4 is 11.8 Å². The zero-order valence-electron chi connectivity index (χ0n) is 18.3. The van der Waals surface area contributed by atoms with Crippen molar-refractivity contribution < 1.29 is 14.3 Å². The van der Waals surface area contributed by atoms with Gasteiger partial charge in [0.25, 0.3) is 0 Å². The topological polar surface area (TPSA) is 46.6 Å². The van der Waals surface area contributed by atoms with Gasteiger partial charge in [0.15, 0.2) is 0 Å². The maximum absolute atomic E-state index is 12.5. The Labute approximate surface area is 180 Å². The van der Waals surface area contributed by atoms with E-state index in [0.29, 0.717) is 35.7 Å². The van der Waals surface area contributed by atoms with Crippen molar-refractivity contribution in [3.05, 3.63) is 29.3 Å². The molecular weight excluding hydrogens is 374 g/mol. The van der Waals surface area contributed by atoms with E-state index < -0.39 is 0 Å². The van der Waals surface area contributed by atoms with E-state index in [1.54, 1.807) is 0 Å². The van der Waals surface area contributed by atoms with Crippen LogP contribution < -0.4 is 4.74 Å². The molecule has 1 heterocycles. The number of aryl methyl sites for hydroxylation is 1. The summed E-state index contributed by atoms with van der Waals surface area (Å²) in [5, 5.41) is 0. The van der Waals surface area contributed by atoms with E-state index in [0.717, 1.165) is 58.2 Å². The van der Waals surface area contributed by atoms with Gasteiger partial charge in [-0.05, 0) is 99.0 Å². The summed E-state index contributed by atoms with van der Waals surface area (Å²) in [5.41, 5.74) is 2.73. The van der Waals surface area contributed by atoms with Crippen LogP contribution in [0.25, 0.3) is 0 Å². The predicted molar refractivity (Wildman–Crippen MR) is 117 cm³/mol. The highest BCUT2D eigenvalue weighted by molar-refractivity contribution is 5.87. The van der Waals surface area contributed by atoms with Crippen molar-refractivity contribution in [2.75, 3.05) is 19.6 Å². The highest BCUT2D eigenvalue weighted by atomic mass is 16.5. The van der Waals surface area contributed by atoms with Crippen molar-refractivity contribution in [2.45, 2.75) is 77.0 Å². The fraction of sp³-hybridized carbons (Fsp3) is 0.692. The minimum absolute atomic E-state index is 0.0670. The van der Waals surface area contributed by atoms with Gasteiger partial charge in [-0.3, -0.25) is 9.59 Å². The van der Waals surface area contributed by atoms with Crippen LogP contribution in [-0.4, -0.2) is 36.3 Å². The Morgan fingerprint density at radius 3 is 2.80 bits per heavy atom. The molecule has 1 aliphatic heterocycles. The number of ketones is 1. The molecule has 30 heavy (non-hydrogen) atoms. The molecule has 0 aromatic heterocycles. The van der Waals surface area contributed by atoms with Crippen LogP contribution in [-0.2, 0) is 16.0 Å². The third-order valence-electron chi connectivity index (χ3n) is 8.72. The van der Waals surface area contributed by atoms with Crippen molar-refractivity contribution in [1.29, 1.82) is 0 Å². The van der Waals surface area contributed by atoms with Crippen LogP contribution in [0.3, 0.4) is 0 Å². The summed E-state index contributed by atoms with van der Waals surface area (Å²) in [7, 11) is 0. The third kappa shape index (κ3) is 3.62. The number of benzene rings is 1. The molecule has 1 aromatic rings. The lowest BCUT2D eigenvalue weighted by Crippen LogP contribution is -2.42. The second-order valence-corrected chi connectivity index (χ2v) is 10.3. The number of hydrogen-bond donors (Lipinski definition) is 0. The second-order valence-electron chi connectivity index (χ2n) is 10.3. The van der Waals surface area contributed by atoms with Crippen LogP contribution in [0.15, 0.2) is 18.2 Å². The lowest BCUT2D eigenvalue weighted by Gasteiger charge is -2.48. The quantitative estimate of drug-likeness (QED) is 0.524. The van der Waals surface area contributed by atoms with Gasteiger partial charge in [0.1, 0.15) is 11.5 Å². The van der Waals surface area contributed by atoms with Gasteiger partial charge >= 0.3 is 5.97 Å². The maximum Gasteiger partial charge on any atom is 0.312 e. The zero-order chi connectivity index (χ0) is 20.7. The largest absolute Gasteiger partial charge is 0.426 e. The van der Waals surface area contributed by atoms with Gasteiger partial charge in [-0.1, -0.05) is 19.4 Å². The molecule has 0 unspecified atom stereocenters. The Morgan fingerprint density at radius 2 is 1.97 bits per heavy atom. The average molecular weight is 410 g/mol. The molecule has 4 nitrogen and oxygen atoms in total. The molecule has 0 radical (unpaired) electrons. The molecule has 3 aliphatic carbocycles. The number of ether oxygens (including phenoxy) is 1. The van der Waals surface area contributed by atoms with Crippen LogP contribution >= 0.6 is 0 Å². The van der Waals surface area contributed by atoms with E-state index in [1.807, 2.05) is 6.07 Å². The highest BCUT2D eigenvalue weighted by Crippen LogP contribution is 2.59. The Bertz CT molecular complexity index is 828. The molecule has 1 aromatic carbocycles. The van der Waals surface area contributed by atoms with Crippen LogP contribution in [0.2, 0.25) is 0 Å². The van der Waals surface area contributed by atoms with Gasteiger partial charge in [0, 0.05) is 18.4 Å². The molecule has 5 rings (SSSR count). The van der Waals surface area contributed by atoms with Crippen molar-refractivity contribution in [1.82, 2.24) is 4.90 Å². The summed E-state index contributed by atoms with van der Waals surface area (Å²) in [6, 6.07) is 6.31. The normalized spacial score (nSPS) is 33.5.